The molecule has 0 unspecified atom stereocenters. The van der Waals surface area contributed by atoms with E-state index in [9.17, 15) is 14.0 Å². The molecule has 1 aromatic carbocycles. The Balaban J connectivity index is 2.52. The summed E-state index contributed by atoms with van der Waals surface area (Å²) in [6.07, 6.45) is 0. The molecule has 0 saturated carbocycles. The van der Waals surface area contributed by atoms with Crippen molar-refractivity contribution >= 4 is 23.3 Å². The van der Waals surface area contributed by atoms with Crippen LogP contribution in [-0.2, 0) is 28.5 Å². The van der Waals surface area contributed by atoms with Gasteiger partial charge in [0.1, 0.15) is 18.2 Å². The van der Waals surface area contributed by atoms with Crippen molar-refractivity contribution in [1.82, 2.24) is 0 Å². The molecule has 1 N–H and O–H groups in total. The number of hydrogen-bond acceptors (Lipinski definition) is 8. The second-order valence-electron chi connectivity index (χ2n) is 5.30. The van der Waals surface area contributed by atoms with Gasteiger partial charge < -0.3 is 29.2 Å². The summed E-state index contributed by atoms with van der Waals surface area (Å²) in [5, 5.41) is 3.09. The number of esters is 2. The molecule has 0 spiro atoms. The van der Waals surface area contributed by atoms with Gasteiger partial charge in [0.15, 0.2) is 0 Å². The van der Waals surface area contributed by atoms with Crippen LogP contribution in [0.4, 0.5) is 15.8 Å². The van der Waals surface area contributed by atoms with Gasteiger partial charge in [-0.1, -0.05) is 0 Å². The number of hydrogen-bond donors (Lipinski definition) is 1. The molecule has 1 aromatic rings. The maximum Gasteiger partial charge on any atom is 0.355 e. The number of methoxy groups -OCH3 is 3. The Hall–Kier alpha value is -2.65. The second kappa shape index (κ2) is 9.16. The van der Waals surface area contributed by atoms with Gasteiger partial charge in [-0.25, -0.2) is 14.0 Å². The third-order valence-electron chi connectivity index (χ3n) is 3.71. The van der Waals surface area contributed by atoms with Gasteiger partial charge in [-0.15, -0.1) is 0 Å². The number of ether oxygens (including phenoxy) is 4. The van der Waals surface area contributed by atoms with E-state index in [2.05, 4.69) is 5.32 Å². The molecule has 9 heteroatoms. The predicted molar refractivity (Wildman–Crippen MR) is 91.1 cm³/mol. The topological polar surface area (TPSA) is 86.3 Å². The van der Waals surface area contributed by atoms with E-state index in [4.69, 9.17) is 18.9 Å². The lowest BCUT2D eigenvalue weighted by Crippen LogP contribution is -2.39. The lowest BCUT2D eigenvalue weighted by atomic mass is 10.1. The number of halogens is 1. The number of carbonyl (C=O) groups is 2. The van der Waals surface area contributed by atoms with Crippen molar-refractivity contribution in [1.29, 1.82) is 0 Å². The molecule has 0 radical (unpaired) electrons. The maximum absolute atomic E-state index is 13.9. The monoisotopic (exact) mass is 368 g/mol. The van der Waals surface area contributed by atoms with Crippen LogP contribution in [0.25, 0.3) is 0 Å². The Labute approximate surface area is 150 Å². The van der Waals surface area contributed by atoms with Gasteiger partial charge >= 0.3 is 11.9 Å². The van der Waals surface area contributed by atoms with Gasteiger partial charge in [0, 0.05) is 13.7 Å². The SMILES string of the molecule is COCCNc1ccc(F)cc1N1COCC(C(=O)OC)=C1C(=O)OC. The van der Waals surface area contributed by atoms with E-state index in [1.807, 2.05) is 0 Å². The molecule has 8 nitrogen and oxygen atoms in total. The summed E-state index contributed by atoms with van der Waals surface area (Å²) in [6, 6.07) is 4.05. The van der Waals surface area contributed by atoms with Crippen LogP contribution in [0.5, 0.6) is 0 Å². The predicted octanol–water partition coefficient (Wildman–Crippen LogP) is 1.28. The van der Waals surface area contributed by atoms with Crippen LogP contribution in [-0.4, -0.2) is 59.8 Å². The smallest absolute Gasteiger partial charge is 0.355 e. The van der Waals surface area contributed by atoms with Crippen LogP contribution >= 0.6 is 0 Å². The average molecular weight is 368 g/mol. The third kappa shape index (κ3) is 4.30. The summed E-state index contributed by atoms with van der Waals surface area (Å²) in [6.45, 7) is 0.716. The zero-order chi connectivity index (χ0) is 19.1. The zero-order valence-corrected chi connectivity index (χ0v) is 14.8. The molecule has 0 saturated heterocycles. The van der Waals surface area contributed by atoms with E-state index < -0.39 is 17.8 Å². The summed E-state index contributed by atoms with van der Waals surface area (Å²) in [7, 11) is 3.96. The Morgan fingerprint density at radius 3 is 2.62 bits per heavy atom. The Bertz CT molecular complexity index is 706. The van der Waals surface area contributed by atoms with Crippen molar-refractivity contribution in [3.8, 4) is 0 Å². The first-order valence-corrected chi connectivity index (χ1v) is 7.80. The fraction of sp³-hybridized carbons (Fsp3) is 0.412. The van der Waals surface area contributed by atoms with Crippen LogP contribution in [0.2, 0.25) is 0 Å². The summed E-state index contributed by atoms with van der Waals surface area (Å²) >= 11 is 0. The summed E-state index contributed by atoms with van der Waals surface area (Å²) in [5.74, 6) is -1.98. The van der Waals surface area contributed by atoms with Crippen molar-refractivity contribution in [3.05, 3.63) is 35.3 Å². The van der Waals surface area contributed by atoms with Crippen molar-refractivity contribution in [2.24, 2.45) is 0 Å². The van der Waals surface area contributed by atoms with Crippen LogP contribution in [0, 0.1) is 5.82 Å². The van der Waals surface area contributed by atoms with E-state index in [0.29, 0.717) is 24.5 Å². The molecular weight excluding hydrogens is 347 g/mol. The van der Waals surface area contributed by atoms with E-state index in [1.165, 1.54) is 37.3 Å². The Morgan fingerprint density at radius 2 is 1.96 bits per heavy atom. The average Bonchev–Trinajstić information content (AvgIpc) is 2.67. The number of nitrogens with zero attached hydrogens (tertiary/aromatic N) is 1. The van der Waals surface area contributed by atoms with Gasteiger partial charge in [0.2, 0.25) is 0 Å². The minimum atomic E-state index is -0.749. The zero-order valence-electron chi connectivity index (χ0n) is 14.8. The fourth-order valence-corrected chi connectivity index (χ4v) is 2.50. The van der Waals surface area contributed by atoms with Crippen molar-refractivity contribution in [2.75, 3.05) is 58.0 Å². The van der Waals surface area contributed by atoms with Crippen LogP contribution in [0.15, 0.2) is 29.5 Å². The number of rotatable bonds is 7. The molecule has 0 fully saturated rings. The first-order chi connectivity index (χ1) is 12.5. The van der Waals surface area contributed by atoms with Gasteiger partial charge in [0.25, 0.3) is 0 Å². The fourth-order valence-electron chi connectivity index (χ4n) is 2.50. The molecule has 0 amide bonds. The quantitative estimate of drug-likeness (QED) is 0.569. The highest BCUT2D eigenvalue weighted by Gasteiger charge is 2.33. The first-order valence-electron chi connectivity index (χ1n) is 7.80. The molecule has 0 bridgehead atoms. The minimum absolute atomic E-state index is 0.00213. The molecular formula is C17H21FN2O6. The van der Waals surface area contributed by atoms with E-state index >= 15 is 0 Å². The molecule has 142 valence electrons. The molecule has 1 aliphatic heterocycles. The normalized spacial score (nSPS) is 14.2. The van der Waals surface area contributed by atoms with Crippen LogP contribution < -0.4 is 10.2 Å². The lowest BCUT2D eigenvalue weighted by Gasteiger charge is -2.32. The van der Waals surface area contributed by atoms with Crippen LogP contribution in [0.1, 0.15) is 0 Å². The Morgan fingerprint density at radius 1 is 1.23 bits per heavy atom. The van der Waals surface area contributed by atoms with E-state index in [0.717, 1.165) is 0 Å². The van der Waals surface area contributed by atoms with Gasteiger partial charge in [0.05, 0.1) is 44.4 Å². The van der Waals surface area contributed by atoms with E-state index in [-0.39, 0.29) is 24.6 Å². The maximum atomic E-state index is 13.9. The largest absolute Gasteiger partial charge is 0.466 e. The molecule has 1 aliphatic rings. The summed E-state index contributed by atoms with van der Waals surface area (Å²) in [5.41, 5.74) is 0.811. The third-order valence-corrected chi connectivity index (χ3v) is 3.71. The highest BCUT2D eigenvalue weighted by atomic mass is 19.1. The van der Waals surface area contributed by atoms with Gasteiger partial charge in [-0.3, -0.25) is 0 Å². The molecule has 0 atom stereocenters. The van der Waals surface area contributed by atoms with E-state index in [1.54, 1.807) is 7.11 Å². The standard InChI is InChI=1S/C17H21FN2O6/c1-23-7-6-19-13-5-4-11(18)8-14(13)20-10-26-9-12(16(21)24-2)15(20)17(22)25-3/h4-5,8,19H,6-7,9-10H2,1-3H3. The van der Waals surface area contributed by atoms with Crippen molar-refractivity contribution < 1.29 is 32.9 Å². The molecule has 2 rings (SSSR count). The van der Waals surface area contributed by atoms with Gasteiger partial charge in [-0.05, 0) is 18.2 Å². The van der Waals surface area contributed by atoms with Gasteiger partial charge in [-0.2, -0.15) is 0 Å². The first kappa shape index (κ1) is 19.7. The lowest BCUT2D eigenvalue weighted by molar-refractivity contribution is -0.140. The molecule has 0 aliphatic carbocycles. The number of carbonyl (C=O) groups excluding carboxylic acids is 2. The van der Waals surface area contributed by atoms with Crippen LogP contribution in [0.3, 0.4) is 0 Å². The van der Waals surface area contributed by atoms with Crippen molar-refractivity contribution in [3.63, 3.8) is 0 Å². The summed E-state index contributed by atoms with van der Waals surface area (Å²) in [4.78, 5) is 25.7. The second-order valence-corrected chi connectivity index (χ2v) is 5.30. The molecule has 26 heavy (non-hydrogen) atoms. The molecule has 0 aromatic heterocycles. The number of nitrogens with one attached hydrogen (secondary N) is 1. The highest BCUT2D eigenvalue weighted by Crippen LogP contribution is 2.33. The van der Waals surface area contributed by atoms with Crippen molar-refractivity contribution in [2.45, 2.75) is 0 Å². The number of benzene rings is 1. The molecule has 1 heterocycles. The minimum Gasteiger partial charge on any atom is -0.466 e. The summed E-state index contributed by atoms with van der Waals surface area (Å²) < 4.78 is 33.8. The number of anilines is 2. The highest BCUT2D eigenvalue weighted by molar-refractivity contribution is 6.04. The Kier molecular flexibility index (Phi) is 6.93.